The lowest BCUT2D eigenvalue weighted by Gasteiger charge is -2.26. The number of hydrogen-bond donors (Lipinski definition) is 1. The minimum absolute atomic E-state index is 0.407. The molecule has 0 bridgehead atoms. The standard InChI is InChI=1S/C21H27NO/c1-16-8-9-21(23)20(14-16)19(18-6-4-3-5-7-18)15-17-10-12-22(2)13-11-17/h8-12,14-15,18,23H,3-7,13H2,1-2H3. The maximum Gasteiger partial charge on any atom is 0.123 e. The number of hydrogen-bond acceptors (Lipinski definition) is 2. The smallest absolute Gasteiger partial charge is 0.123 e. The number of allylic oxidation sites excluding steroid dienone is 4. The molecule has 0 aromatic heterocycles. The topological polar surface area (TPSA) is 23.5 Å². The van der Waals surface area contributed by atoms with Crippen molar-refractivity contribution in [3.8, 4) is 5.75 Å². The highest BCUT2D eigenvalue weighted by atomic mass is 16.3. The minimum atomic E-state index is 0.407. The summed E-state index contributed by atoms with van der Waals surface area (Å²) in [7, 11) is 2.09. The molecule has 0 saturated heterocycles. The van der Waals surface area contributed by atoms with Gasteiger partial charge in [0.1, 0.15) is 5.75 Å². The summed E-state index contributed by atoms with van der Waals surface area (Å²) >= 11 is 0. The fourth-order valence-corrected chi connectivity index (χ4v) is 3.59. The molecule has 0 spiro atoms. The van der Waals surface area contributed by atoms with Gasteiger partial charge in [-0.1, -0.05) is 43.0 Å². The maximum atomic E-state index is 10.4. The van der Waals surface area contributed by atoms with Crippen molar-refractivity contribution in [1.29, 1.82) is 0 Å². The summed E-state index contributed by atoms with van der Waals surface area (Å²) in [6, 6.07) is 5.95. The Bertz CT molecular complexity index is 648. The number of likely N-dealkylation sites (N-methyl/N-ethyl adjacent to an activating group) is 1. The Labute approximate surface area is 139 Å². The number of benzene rings is 1. The number of phenols is 1. The molecule has 1 heterocycles. The van der Waals surface area contributed by atoms with Crippen molar-refractivity contribution in [2.24, 2.45) is 5.92 Å². The molecule has 0 unspecified atom stereocenters. The Morgan fingerprint density at radius 2 is 2.00 bits per heavy atom. The number of nitrogens with zero attached hydrogens (tertiary/aromatic N) is 1. The number of aromatic hydroxyl groups is 1. The molecular weight excluding hydrogens is 282 g/mol. The average Bonchev–Trinajstić information content (AvgIpc) is 2.57. The molecule has 1 N–H and O–H groups in total. The molecular formula is C21H27NO. The predicted molar refractivity (Wildman–Crippen MR) is 97.2 cm³/mol. The van der Waals surface area contributed by atoms with Crippen LogP contribution in [0.15, 0.2) is 48.2 Å². The van der Waals surface area contributed by atoms with E-state index in [9.17, 15) is 5.11 Å². The van der Waals surface area contributed by atoms with E-state index in [0.29, 0.717) is 11.7 Å². The number of aryl methyl sites for hydroxylation is 1. The Morgan fingerprint density at radius 1 is 1.22 bits per heavy atom. The first kappa shape index (κ1) is 15.9. The van der Waals surface area contributed by atoms with E-state index in [2.05, 4.69) is 49.4 Å². The summed E-state index contributed by atoms with van der Waals surface area (Å²) in [5, 5.41) is 10.4. The zero-order valence-corrected chi connectivity index (χ0v) is 14.3. The zero-order chi connectivity index (χ0) is 16.2. The van der Waals surface area contributed by atoms with Crippen LogP contribution in [0, 0.1) is 12.8 Å². The van der Waals surface area contributed by atoms with Gasteiger partial charge in [-0.15, -0.1) is 0 Å². The SMILES string of the molecule is Cc1ccc(O)c(C(=CC2=CCN(C)C=C2)C2CCCCC2)c1. The first-order valence-electron chi connectivity index (χ1n) is 8.73. The van der Waals surface area contributed by atoms with Gasteiger partial charge < -0.3 is 10.0 Å². The molecule has 1 aliphatic heterocycles. The van der Waals surface area contributed by atoms with Crippen LogP contribution in [0.5, 0.6) is 5.75 Å². The van der Waals surface area contributed by atoms with E-state index >= 15 is 0 Å². The van der Waals surface area contributed by atoms with Gasteiger partial charge in [0.15, 0.2) is 0 Å². The van der Waals surface area contributed by atoms with Gasteiger partial charge in [-0.3, -0.25) is 0 Å². The van der Waals surface area contributed by atoms with Crippen LogP contribution < -0.4 is 0 Å². The van der Waals surface area contributed by atoms with Crippen LogP contribution in [0.4, 0.5) is 0 Å². The van der Waals surface area contributed by atoms with Crippen molar-refractivity contribution < 1.29 is 5.11 Å². The molecule has 0 atom stereocenters. The molecule has 122 valence electrons. The second kappa shape index (κ2) is 7.08. The Hall–Kier alpha value is -1.96. The third-order valence-corrected chi connectivity index (χ3v) is 4.97. The van der Waals surface area contributed by atoms with Gasteiger partial charge >= 0.3 is 0 Å². The van der Waals surface area contributed by atoms with Crippen molar-refractivity contribution in [3.63, 3.8) is 0 Å². The normalized spacial score (nSPS) is 19.8. The Kier molecular flexibility index (Phi) is 4.90. The third kappa shape index (κ3) is 3.87. The minimum Gasteiger partial charge on any atom is -0.507 e. The highest BCUT2D eigenvalue weighted by molar-refractivity contribution is 5.75. The van der Waals surface area contributed by atoms with E-state index < -0.39 is 0 Å². The predicted octanol–water partition coefficient (Wildman–Crippen LogP) is 5.05. The van der Waals surface area contributed by atoms with Crippen LogP contribution in [0.2, 0.25) is 0 Å². The summed E-state index contributed by atoms with van der Waals surface area (Å²) < 4.78 is 0. The van der Waals surface area contributed by atoms with Crippen molar-refractivity contribution in [2.45, 2.75) is 39.0 Å². The van der Waals surface area contributed by atoms with Gasteiger partial charge in [0.05, 0.1) is 0 Å². The molecule has 2 nitrogen and oxygen atoms in total. The molecule has 0 amide bonds. The fourth-order valence-electron chi connectivity index (χ4n) is 3.59. The first-order valence-corrected chi connectivity index (χ1v) is 8.73. The van der Waals surface area contributed by atoms with E-state index in [1.807, 2.05) is 12.1 Å². The average molecular weight is 309 g/mol. The first-order chi connectivity index (χ1) is 11.1. The van der Waals surface area contributed by atoms with Gasteiger partial charge in [-0.2, -0.15) is 0 Å². The molecule has 1 aromatic rings. The largest absolute Gasteiger partial charge is 0.507 e. The lowest BCUT2D eigenvalue weighted by atomic mass is 9.79. The summed E-state index contributed by atoms with van der Waals surface area (Å²) in [6.45, 7) is 3.04. The summed E-state index contributed by atoms with van der Waals surface area (Å²) in [4.78, 5) is 2.17. The van der Waals surface area contributed by atoms with Crippen LogP contribution in [0.1, 0.15) is 43.2 Å². The number of rotatable bonds is 3. The zero-order valence-electron chi connectivity index (χ0n) is 14.3. The molecule has 1 aromatic carbocycles. The summed E-state index contributed by atoms with van der Waals surface area (Å²) in [6.07, 6.45) is 15.3. The third-order valence-electron chi connectivity index (χ3n) is 4.97. The molecule has 2 aliphatic rings. The highest BCUT2D eigenvalue weighted by Crippen LogP contribution is 2.39. The summed E-state index contributed by atoms with van der Waals surface area (Å²) in [5.41, 5.74) is 4.79. The van der Waals surface area contributed by atoms with Crippen LogP contribution in [0.3, 0.4) is 0 Å². The second-order valence-electron chi connectivity index (χ2n) is 6.91. The van der Waals surface area contributed by atoms with Crippen LogP contribution >= 0.6 is 0 Å². The van der Waals surface area contributed by atoms with E-state index in [1.165, 1.54) is 48.8 Å². The number of phenolic OH excluding ortho intramolecular Hbond substituents is 1. The Morgan fingerprint density at radius 3 is 2.70 bits per heavy atom. The fraction of sp³-hybridized carbons (Fsp3) is 0.429. The quantitative estimate of drug-likeness (QED) is 0.844. The molecule has 0 radical (unpaired) electrons. The summed E-state index contributed by atoms with van der Waals surface area (Å²) in [5.74, 6) is 0.968. The molecule has 3 rings (SSSR count). The molecule has 1 fully saturated rings. The van der Waals surface area contributed by atoms with Crippen LogP contribution in [0.25, 0.3) is 5.57 Å². The van der Waals surface area contributed by atoms with E-state index in [1.54, 1.807) is 0 Å². The molecule has 2 heteroatoms. The van der Waals surface area contributed by atoms with Gasteiger partial charge in [-0.05, 0) is 61.2 Å². The lowest BCUT2D eigenvalue weighted by Crippen LogP contribution is -2.14. The second-order valence-corrected chi connectivity index (χ2v) is 6.91. The van der Waals surface area contributed by atoms with Gasteiger partial charge in [-0.25, -0.2) is 0 Å². The van der Waals surface area contributed by atoms with Gasteiger partial charge in [0, 0.05) is 19.2 Å². The molecule has 1 aliphatic carbocycles. The highest BCUT2D eigenvalue weighted by Gasteiger charge is 2.21. The van der Waals surface area contributed by atoms with Crippen molar-refractivity contribution in [3.05, 3.63) is 59.3 Å². The van der Waals surface area contributed by atoms with Crippen molar-refractivity contribution in [1.82, 2.24) is 4.90 Å². The maximum absolute atomic E-state index is 10.4. The lowest BCUT2D eigenvalue weighted by molar-refractivity contribution is 0.425. The van der Waals surface area contributed by atoms with E-state index in [-0.39, 0.29) is 0 Å². The molecule has 1 saturated carbocycles. The van der Waals surface area contributed by atoms with Gasteiger partial charge in [0.2, 0.25) is 0 Å². The van der Waals surface area contributed by atoms with E-state index in [0.717, 1.165) is 12.1 Å². The van der Waals surface area contributed by atoms with Crippen molar-refractivity contribution in [2.75, 3.05) is 13.6 Å². The Balaban J connectivity index is 1.99. The monoisotopic (exact) mass is 309 g/mol. The van der Waals surface area contributed by atoms with E-state index in [4.69, 9.17) is 0 Å². The van der Waals surface area contributed by atoms with Gasteiger partial charge in [0.25, 0.3) is 0 Å². The van der Waals surface area contributed by atoms with Crippen molar-refractivity contribution >= 4 is 5.57 Å². The van der Waals surface area contributed by atoms with Crippen LogP contribution in [-0.4, -0.2) is 23.6 Å². The van der Waals surface area contributed by atoms with Crippen LogP contribution in [-0.2, 0) is 0 Å². The molecule has 23 heavy (non-hydrogen) atoms.